The summed E-state index contributed by atoms with van der Waals surface area (Å²) in [6.45, 7) is 1.17. The number of aromatic nitrogens is 3. The highest BCUT2D eigenvalue weighted by Crippen LogP contribution is 2.29. The molecule has 0 spiro atoms. The Labute approximate surface area is 141 Å². The molecule has 1 amide bonds. The zero-order valence-electron chi connectivity index (χ0n) is 13.4. The molecule has 0 radical (unpaired) electrons. The number of nitrogens with zero attached hydrogens (tertiary/aromatic N) is 4. The minimum Gasteiger partial charge on any atom is -0.496 e. The lowest BCUT2D eigenvalue weighted by atomic mass is 10.1. The molecule has 0 fully saturated rings. The molecule has 0 atom stereocenters. The zero-order valence-corrected chi connectivity index (χ0v) is 13.4. The fraction of sp³-hybridized carbons (Fsp3) is 0.286. The van der Waals surface area contributed by atoms with Gasteiger partial charge in [0.1, 0.15) is 18.0 Å². The number of ether oxygens (including phenoxy) is 1. The van der Waals surface area contributed by atoms with Gasteiger partial charge in [0, 0.05) is 11.6 Å². The quantitative estimate of drug-likeness (QED) is 0.542. The van der Waals surface area contributed by atoms with Crippen molar-refractivity contribution in [3.8, 4) is 5.75 Å². The molecule has 132 valence electrons. The van der Waals surface area contributed by atoms with Crippen LogP contribution in [0.25, 0.3) is 0 Å². The maximum atomic E-state index is 12.2. The first-order chi connectivity index (χ1) is 11.8. The van der Waals surface area contributed by atoms with Crippen LogP contribution in [0.1, 0.15) is 21.6 Å². The average Bonchev–Trinajstić information content (AvgIpc) is 2.99. The summed E-state index contributed by atoms with van der Waals surface area (Å²) in [6, 6.07) is 2.56. The van der Waals surface area contributed by atoms with Crippen molar-refractivity contribution in [1.82, 2.24) is 20.3 Å². The molecule has 1 aromatic carbocycles. The summed E-state index contributed by atoms with van der Waals surface area (Å²) >= 11 is 0. The van der Waals surface area contributed by atoms with Crippen LogP contribution in [0.4, 0.5) is 5.69 Å². The standard InChI is InChI=1S/C14H15N5O6/c1-8-11(19(23)24)3-9(4-12(8)25-2)14(22)15-5-10-6-18(17-16-10)7-13(20)21/h3-4,6H,5,7H2,1-2H3,(H,15,22)(H,20,21). The number of benzene rings is 1. The molecule has 0 unspecified atom stereocenters. The summed E-state index contributed by atoms with van der Waals surface area (Å²) in [5, 5.41) is 29.6. The Balaban J connectivity index is 2.13. The number of methoxy groups -OCH3 is 1. The number of amides is 1. The fourth-order valence-electron chi connectivity index (χ4n) is 2.11. The summed E-state index contributed by atoms with van der Waals surface area (Å²) in [5.74, 6) is -1.40. The molecule has 0 saturated carbocycles. The molecule has 2 aromatic rings. The van der Waals surface area contributed by atoms with Crippen LogP contribution in [0.2, 0.25) is 0 Å². The number of aliphatic carboxylic acids is 1. The van der Waals surface area contributed by atoms with E-state index in [9.17, 15) is 19.7 Å². The van der Waals surface area contributed by atoms with Crippen molar-refractivity contribution in [2.45, 2.75) is 20.0 Å². The molecule has 0 bridgehead atoms. The topological polar surface area (TPSA) is 149 Å². The van der Waals surface area contributed by atoms with Crippen molar-refractivity contribution in [3.63, 3.8) is 0 Å². The first-order valence-corrected chi connectivity index (χ1v) is 7.04. The van der Waals surface area contributed by atoms with E-state index >= 15 is 0 Å². The third-order valence-electron chi connectivity index (χ3n) is 3.32. The Bertz CT molecular complexity index is 831. The Morgan fingerprint density at radius 3 is 2.76 bits per heavy atom. The maximum Gasteiger partial charge on any atom is 0.325 e. The number of rotatable bonds is 7. The van der Waals surface area contributed by atoms with Gasteiger partial charge in [0.15, 0.2) is 0 Å². The number of carboxylic acid groups (broad SMARTS) is 1. The maximum absolute atomic E-state index is 12.2. The van der Waals surface area contributed by atoms with E-state index in [0.29, 0.717) is 11.3 Å². The first-order valence-electron chi connectivity index (χ1n) is 7.04. The van der Waals surface area contributed by atoms with Crippen molar-refractivity contribution in [2.75, 3.05) is 7.11 Å². The normalized spacial score (nSPS) is 10.3. The highest BCUT2D eigenvalue weighted by Gasteiger charge is 2.20. The van der Waals surface area contributed by atoms with Crippen LogP contribution >= 0.6 is 0 Å². The second kappa shape index (κ2) is 7.38. The summed E-state index contributed by atoms with van der Waals surface area (Å²) in [4.78, 5) is 33.3. The largest absolute Gasteiger partial charge is 0.496 e. The van der Waals surface area contributed by atoms with Gasteiger partial charge in [-0.1, -0.05) is 5.21 Å². The van der Waals surface area contributed by atoms with Crippen molar-refractivity contribution >= 4 is 17.6 Å². The van der Waals surface area contributed by atoms with Gasteiger partial charge in [0.2, 0.25) is 0 Å². The summed E-state index contributed by atoms with van der Waals surface area (Å²) in [6.07, 6.45) is 1.38. The number of carbonyl (C=O) groups is 2. The number of carboxylic acids is 1. The minimum absolute atomic E-state index is 0.0115. The predicted molar refractivity (Wildman–Crippen MR) is 83.2 cm³/mol. The van der Waals surface area contributed by atoms with E-state index in [0.717, 1.165) is 10.7 Å². The van der Waals surface area contributed by atoms with Gasteiger partial charge in [-0.2, -0.15) is 0 Å². The molecule has 0 aliphatic carbocycles. The number of nitro groups is 1. The van der Waals surface area contributed by atoms with E-state index in [-0.39, 0.29) is 30.1 Å². The molecule has 25 heavy (non-hydrogen) atoms. The van der Waals surface area contributed by atoms with Crippen molar-refractivity contribution < 1.29 is 24.4 Å². The Morgan fingerprint density at radius 2 is 2.16 bits per heavy atom. The lowest BCUT2D eigenvalue weighted by Crippen LogP contribution is -2.23. The summed E-state index contributed by atoms with van der Waals surface area (Å²) < 4.78 is 6.18. The fourth-order valence-corrected chi connectivity index (χ4v) is 2.11. The van der Waals surface area contributed by atoms with Crippen molar-refractivity contribution in [3.05, 3.63) is 45.3 Å². The van der Waals surface area contributed by atoms with E-state index in [1.165, 1.54) is 26.3 Å². The highest BCUT2D eigenvalue weighted by molar-refractivity contribution is 5.95. The van der Waals surface area contributed by atoms with E-state index in [1.54, 1.807) is 0 Å². The Morgan fingerprint density at radius 1 is 1.44 bits per heavy atom. The molecule has 2 rings (SSSR count). The van der Waals surface area contributed by atoms with Gasteiger partial charge in [0.05, 0.1) is 30.3 Å². The number of hydrogen-bond acceptors (Lipinski definition) is 7. The van der Waals surface area contributed by atoms with Gasteiger partial charge < -0.3 is 15.2 Å². The van der Waals surface area contributed by atoms with Crippen molar-refractivity contribution in [2.24, 2.45) is 0 Å². The summed E-state index contributed by atoms with van der Waals surface area (Å²) in [7, 11) is 1.36. The average molecular weight is 349 g/mol. The Hall–Kier alpha value is -3.50. The van der Waals surface area contributed by atoms with Gasteiger partial charge >= 0.3 is 5.97 Å². The zero-order chi connectivity index (χ0) is 18.6. The van der Waals surface area contributed by atoms with E-state index in [2.05, 4.69) is 15.6 Å². The molecule has 11 heteroatoms. The molecule has 1 heterocycles. The third-order valence-corrected chi connectivity index (χ3v) is 3.32. The van der Waals surface area contributed by atoms with Crippen LogP contribution in [-0.2, 0) is 17.9 Å². The minimum atomic E-state index is -1.07. The Kier molecular flexibility index (Phi) is 5.27. The van der Waals surface area contributed by atoms with Crippen LogP contribution in [0.5, 0.6) is 5.75 Å². The number of nitrogens with one attached hydrogen (secondary N) is 1. The third kappa shape index (κ3) is 4.28. The van der Waals surface area contributed by atoms with Crippen molar-refractivity contribution in [1.29, 1.82) is 0 Å². The predicted octanol–water partition coefficient (Wildman–Crippen LogP) is 0.518. The van der Waals surface area contributed by atoms with Crippen LogP contribution in [0.3, 0.4) is 0 Å². The molecular weight excluding hydrogens is 334 g/mol. The SMILES string of the molecule is COc1cc(C(=O)NCc2cn(CC(=O)O)nn2)cc([N+](=O)[O-])c1C. The van der Waals surface area contributed by atoms with Crippen LogP contribution < -0.4 is 10.1 Å². The van der Waals surface area contributed by atoms with Gasteiger partial charge in [0.25, 0.3) is 11.6 Å². The molecule has 11 nitrogen and oxygen atoms in total. The second-order valence-corrected chi connectivity index (χ2v) is 5.06. The van der Waals surface area contributed by atoms with Gasteiger partial charge in [-0.25, -0.2) is 4.68 Å². The van der Waals surface area contributed by atoms with Crippen LogP contribution in [-0.4, -0.2) is 44.0 Å². The number of hydrogen-bond donors (Lipinski definition) is 2. The van der Waals surface area contributed by atoms with Gasteiger partial charge in [-0.15, -0.1) is 5.10 Å². The van der Waals surface area contributed by atoms with Gasteiger partial charge in [-0.3, -0.25) is 19.7 Å². The molecule has 1 aromatic heterocycles. The van der Waals surface area contributed by atoms with E-state index in [4.69, 9.17) is 9.84 Å². The number of carbonyl (C=O) groups excluding carboxylic acids is 1. The lowest BCUT2D eigenvalue weighted by Gasteiger charge is -2.09. The number of nitro benzene ring substituents is 1. The molecule has 2 N–H and O–H groups in total. The van der Waals surface area contributed by atoms with E-state index in [1.807, 2.05) is 0 Å². The summed E-state index contributed by atoms with van der Waals surface area (Å²) in [5.41, 5.74) is 0.507. The first kappa shape index (κ1) is 17.8. The van der Waals surface area contributed by atoms with Crippen LogP contribution in [0.15, 0.2) is 18.3 Å². The molecule has 0 saturated heterocycles. The lowest BCUT2D eigenvalue weighted by molar-refractivity contribution is -0.385. The van der Waals surface area contributed by atoms with Gasteiger partial charge in [-0.05, 0) is 13.0 Å². The highest BCUT2D eigenvalue weighted by atomic mass is 16.6. The van der Waals surface area contributed by atoms with Crippen LogP contribution in [0, 0.1) is 17.0 Å². The smallest absolute Gasteiger partial charge is 0.325 e. The molecular formula is C14H15N5O6. The molecule has 0 aliphatic rings. The van der Waals surface area contributed by atoms with E-state index < -0.39 is 16.8 Å². The second-order valence-electron chi connectivity index (χ2n) is 5.06. The monoisotopic (exact) mass is 349 g/mol. The molecule has 0 aliphatic heterocycles.